The van der Waals surface area contributed by atoms with E-state index >= 15 is 0 Å². The Morgan fingerprint density at radius 1 is 1.24 bits per heavy atom. The number of hydrogen-bond donors (Lipinski definition) is 1. The van der Waals surface area contributed by atoms with Crippen molar-refractivity contribution in [1.29, 1.82) is 0 Å². The van der Waals surface area contributed by atoms with Crippen LogP contribution in [0.15, 0.2) is 41.8 Å². The van der Waals surface area contributed by atoms with Gasteiger partial charge in [-0.1, -0.05) is 42.5 Å². The Morgan fingerprint density at radius 2 is 1.94 bits per heavy atom. The van der Waals surface area contributed by atoms with Gasteiger partial charge >= 0.3 is 0 Å². The van der Waals surface area contributed by atoms with Gasteiger partial charge in [0.2, 0.25) is 0 Å². The van der Waals surface area contributed by atoms with Gasteiger partial charge in [-0.05, 0) is 36.4 Å². The average Bonchev–Trinajstić information content (AvgIpc) is 2.76. The van der Waals surface area contributed by atoms with Crippen molar-refractivity contribution in [3.63, 3.8) is 0 Å². The summed E-state index contributed by atoms with van der Waals surface area (Å²) in [7, 11) is 0. The van der Waals surface area contributed by atoms with Crippen molar-refractivity contribution in [2.24, 2.45) is 0 Å². The molecule has 2 rings (SSSR count). The summed E-state index contributed by atoms with van der Waals surface area (Å²) in [5.74, 6) is 0. The van der Waals surface area contributed by atoms with E-state index in [1.54, 1.807) is 11.3 Å². The van der Waals surface area contributed by atoms with Crippen LogP contribution in [0.5, 0.6) is 0 Å². The van der Waals surface area contributed by atoms with E-state index in [9.17, 15) is 0 Å². The standard InChI is InChI=1S/C14H15NS2/c1-10-8-9-17-13(10)14(16)15-11(2)12-6-4-3-5-7-12/h3-9,11H,1-2H3,(H,15,16)/t11-/m1/s1. The molecule has 0 spiro atoms. The van der Waals surface area contributed by atoms with E-state index in [4.69, 9.17) is 12.2 Å². The zero-order valence-corrected chi connectivity index (χ0v) is 11.6. The Labute approximate surface area is 111 Å². The molecule has 0 bridgehead atoms. The fourth-order valence-corrected chi connectivity index (χ4v) is 3.00. The Bertz CT molecular complexity index is 502. The number of nitrogens with one attached hydrogen (secondary N) is 1. The number of benzene rings is 1. The highest BCUT2D eigenvalue weighted by Gasteiger charge is 2.10. The highest BCUT2D eigenvalue weighted by Crippen LogP contribution is 2.18. The van der Waals surface area contributed by atoms with E-state index in [1.807, 2.05) is 18.2 Å². The first-order valence-corrected chi connectivity index (χ1v) is 6.87. The van der Waals surface area contributed by atoms with Gasteiger partial charge in [-0.2, -0.15) is 0 Å². The molecule has 1 N–H and O–H groups in total. The van der Waals surface area contributed by atoms with Crippen molar-refractivity contribution < 1.29 is 0 Å². The molecule has 1 aromatic heterocycles. The first-order valence-electron chi connectivity index (χ1n) is 5.58. The van der Waals surface area contributed by atoms with Crippen LogP contribution in [0.25, 0.3) is 0 Å². The van der Waals surface area contributed by atoms with E-state index in [1.165, 1.54) is 16.0 Å². The summed E-state index contributed by atoms with van der Waals surface area (Å²) in [6, 6.07) is 12.7. The van der Waals surface area contributed by atoms with Gasteiger partial charge in [0.15, 0.2) is 0 Å². The minimum atomic E-state index is 0.241. The lowest BCUT2D eigenvalue weighted by Gasteiger charge is -2.16. The van der Waals surface area contributed by atoms with E-state index < -0.39 is 0 Å². The molecule has 1 heterocycles. The van der Waals surface area contributed by atoms with Gasteiger partial charge in [0, 0.05) is 6.04 Å². The third-order valence-corrected chi connectivity index (χ3v) is 4.20. The summed E-state index contributed by atoms with van der Waals surface area (Å²) in [5.41, 5.74) is 2.50. The van der Waals surface area contributed by atoms with E-state index in [0.717, 1.165) is 4.99 Å². The van der Waals surface area contributed by atoms with Crippen LogP contribution in [-0.2, 0) is 0 Å². The molecule has 1 nitrogen and oxygen atoms in total. The fourth-order valence-electron chi connectivity index (χ4n) is 1.69. The number of thiocarbonyl (C=S) groups is 1. The predicted molar refractivity (Wildman–Crippen MR) is 78.7 cm³/mol. The molecular formula is C14H15NS2. The van der Waals surface area contributed by atoms with E-state index in [0.29, 0.717) is 0 Å². The lowest BCUT2D eigenvalue weighted by Crippen LogP contribution is -2.25. The number of thiophene rings is 1. The first-order chi connectivity index (χ1) is 8.18. The zero-order valence-electron chi connectivity index (χ0n) is 9.94. The molecule has 1 aromatic carbocycles. The van der Waals surface area contributed by atoms with Crippen molar-refractivity contribution in [3.05, 3.63) is 57.8 Å². The zero-order chi connectivity index (χ0) is 12.3. The smallest absolute Gasteiger partial charge is 0.117 e. The summed E-state index contributed by atoms with van der Waals surface area (Å²) in [5, 5.41) is 5.46. The van der Waals surface area contributed by atoms with Crippen molar-refractivity contribution >= 4 is 28.5 Å². The third-order valence-electron chi connectivity index (χ3n) is 2.72. The second-order valence-corrected chi connectivity index (χ2v) is 5.36. The quantitative estimate of drug-likeness (QED) is 0.835. The number of aryl methyl sites for hydroxylation is 1. The van der Waals surface area contributed by atoms with Crippen LogP contribution in [0.1, 0.15) is 29.0 Å². The number of rotatable bonds is 3. The molecule has 0 radical (unpaired) electrons. The van der Waals surface area contributed by atoms with Gasteiger partial charge in [-0.3, -0.25) is 0 Å². The molecular weight excluding hydrogens is 246 g/mol. The maximum Gasteiger partial charge on any atom is 0.117 e. The maximum absolute atomic E-state index is 5.44. The second-order valence-electron chi connectivity index (χ2n) is 4.04. The minimum absolute atomic E-state index is 0.241. The molecule has 0 unspecified atom stereocenters. The second kappa shape index (κ2) is 5.43. The van der Waals surface area contributed by atoms with Crippen molar-refractivity contribution in [1.82, 2.24) is 5.32 Å². The minimum Gasteiger partial charge on any atom is -0.369 e. The van der Waals surface area contributed by atoms with Crippen molar-refractivity contribution in [2.75, 3.05) is 0 Å². The Kier molecular flexibility index (Phi) is 3.92. The van der Waals surface area contributed by atoms with Crippen molar-refractivity contribution in [2.45, 2.75) is 19.9 Å². The van der Waals surface area contributed by atoms with Crippen LogP contribution in [-0.4, -0.2) is 4.99 Å². The van der Waals surface area contributed by atoms with Crippen LogP contribution in [0, 0.1) is 6.92 Å². The van der Waals surface area contributed by atoms with Gasteiger partial charge in [0.05, 0.1) is 4.88 Å². The molecule has 2 aromatic rings. The van der Waals surface area contributed by atoms with Crippen LogP contribution in [0.3, 0.4) is 0 Å². The monoisotopic (exact) mass is 261 g/mol. The molecule has 0 aliphatic carbocycles. The van der Waals surface area contributed by atoms with Gasteiger partial charge < -0.3 is 5.32 Å². The lowest BCUT2D eigenvalue weighted by molar-refractivity contribution is 0.725. The summed E-state index contributed by atoms with van der Waals surface area (Å²) < 4.78 is 0. The Morgan fingerprint density at radius 3 is 2.53 bits per heavy atom. The molecule has 0 aliphatic heterocycles. The molecule has 0 fully saturated rings. The average molecular weight is 261 g/mol. The lowest BCUT2D eigenvalue weighted by atomic mass is 10.1. The van der Waals surface area contributed by atoms with Crippen LogP contribution in [0.4, 0.5) is 0 Å². The highest BCUT2D eigenvalue weighted by atomic mass is 32.1. The van der Waals surface area contributed by atoms with Crippen LogP contribution in [0.2, 0.25) is 0 Å². The van der Waals surface area contributed by atoms with E-state index in [2.05, 4.69) is 42.7 Å². The molecule has 3 heteroatoms. The first kappa shape index (κ1) is 12.3. The third kappa shape index (κ3) is 2.93. The molecule has 0 saturated carbocycles. The molecule has 0 amide bonds. The summed E-state index contributed by atoms with van der Waals surface area (Å²) in [6.07, 6.45) is 0. The topological polar surface area (TPSA) is 12.0 Å². The fraction of sp³-hybridized carbons (Fsp3) is 0.214. The summed E-state index contributed by atoms with van der Waals surface area (Å²) in [6.45, 7) is 4.22. The normalized spacial score (nSPS) is 12.1. The van der Waals surface area contributed by atoms with Gasteiger partial charge in [-0.25, -0.2) is 0 Å². The van der Waals surface area contributed by atoms with E-state index in [-0.39, 0.29) is 6.04 Å². The van der Waals surface area contributed by atoms with Crippen molar-refractivity contribution in [3.8, 4) is 0 Å². The van der Waals surface area contributed by atoms with Crippen LogP contribution < -0.4 is 5.32 Å². The number of hydrogen-bond acceptors (Lipinski definition) is 2. The molecule has 0 aliphatic rings. The molecule has 0 saturated heterocycles. The van der Waals surface area contributed by atoms with Crippen LogP contribution >= 0.6 is 23.6 Å². The van der Waals surface area contributed by atoms with Gasteiger partial charge in [-0.15, -0.1) is 11.3 Å². The Hall–Kier alpha value is -1.19. The SMILES string of the molecule is Cc1ccsc1C(=S)N[C@H](C)c1ccccc1. The highest BCUT2D eigenvalue weighted by molar-refractivity contribution is 7.81. The Balaban J connectivity index is 2.08. The predicted octanol–water partition coefficient (Wildman–Crippen LogP) is 4.08. The maximum atomic E-state index is 5.44. The summed E-state index contributed by atoms with van der Waals surface area (Å²) >= 11 is 7.13. The van der Waals surface area contributed by atoms with Gasteiger partial charge in [0.1, 0.15) is 4.99 Å². The molecule has 17 heavy (non-hydrogen) atoms. The molecule has 88 valence electrons. The largest absolute Gasteiger partial charge is 0.369 e. The molecule has 1 atom stereocenters. The summed E-state index contributed by atoms with van der Waals surface area (Å²) in [4.78, 5) is 2.01. The van der Waals surface area contributed by atoms with Gasteiger partial charge in [0.25, 0.3) is 0 Å².